The number of fused-ring (bicyclic) bond motifs is 2. The number of piperidine rings is 2. The van der Waals surface area contributed by atoms with Gasteiger partial charge in [-0.1, -0.05) is 0 Å². The van der Waals surface area contributed by atoms with Crippen LogP contribution in [0.1, 0.15) is 101 Å². The van der Waals surface area contributed by atoms with E-state index in [1.165, 1.54) is 62.9 Å². The van der Waals surface area contributed by atoms with Crippen LogP contribution < -0.4 is 15.5 Å². The molecule has 69 heavy (non-hydrogen) atoms. The van der Waals surface area contributed by atoms with Crippen molar-refractivity contribution in [2.24, 2.45) is 0 Å². The van der Waals surface area contributed by atoms with Gasteiger partial charge in [-0.15, -0.1) is 0 Å². The Morgan fingerprint density at radius 1 is 0.536 bits per heavy atom. The molecule has 6 aromatic heterocycles. The predicted molar refractivity (Wildman–Crippen MR) is 267 cm³/mol. The largest absolute Gasteiger partial charge is 0.384 e. The number of pyridine rings is 2. The lowest BCUT2D eigenvalue weighted by atomic mass is 10.0. The first kappa shape index (κ1) is 48.9. The van der Waals surface area contributed by atoms with Crippen LogP contribution in [-0.4, -0.2) is 75.2 Å². The van der Waals surface area contributed by atoms with Gasteiger partial charge in [0.25, 0.3) is 0 Å². The molecule has 0 bridgehead atoms. The van der Waals surface area contributed by atoms with E-state index in [4.69, 9.17) is 5.73 Å². The Morgan fingerprint density at radius 2 is 0.971 bits per heavy atom. The molecular formula is C51H56BrF4N13. The van der Waals surface area contributed by atoms with Crippen molar-refractivity contribution in [3.63, 3.8) is 0 Å². The van der Waals surface area contributed by atoms with Crippen LogP contribution in [-0.2, 0) is 6.42 Å². The Balaban J connectivity index is 0.000000156. The number of imidazole rings is 2. The van der Waals surface area contributed by atoms with Crippen molar-refractivity contribution >= 4 is 55.2 Å². The molecule has 360 valence electrons. The van der Waals surface area contributed by atoms with E-state index in [1.54, 1.807) is 18.2 Å². The second-order valence-corrected chi connectivity index (χ2v) is 18.7. The standard InChI is InChI=1S/C26H28F2N6.C16H16F2N4.C9H12BrN3/c1-16(2)34-17(3)32-26-22(27)9-18(10-24(26)34)21-11-19(29-15-23(21)28)12-25-30-13-20(14-31-25)33-7-5-4-6-8-33;1-8(2)22-9(3)21-16-12(17)4-10(5-14(16)22)11-6-15(19)20-7-13(11)18;10-9-11-6-8(7-12-9)13-4-2-1-3-5-13/h9-11,13-16H,4-8,12H2,1-3H3;4-8H,1-3H3,(H2,19,20);6-7H,1-5H2. The molecule has 2 aliphatic heterocycles. The minimum atomic E-state index is -0.541. The summed E-state index contributed by atoms with van der Waals surface area (Å²) in [6, 6.07) is 9.41. The minimum absolute atomic E-state index is 0.0996. The molecule has 2 aromatic carbocycles. The van der Waals surface area contributed by atoms with Crippen LogP contribution in [0, 0.1) is 37.1 Å². The van der Waals surface area contributed by atoms with Crippen LogP contribution in [0.3, 0.4) is 0 Å². The maximum absolute atomic E-state index is 14.9. The Bertz CT molecular complexity index is 3050. The zero-order chi connectivity index (χ0) is 48.9. The molecule has 18 heteroatoms. The molecule has 2 aliphatic rings. The highest BCUT2D eigenvalue weighted by molar-refractivity contribution is 9.10. The van der Waals surface area contributed by atoms with Crippen molar-refractivity contribution < 1.29 is 17.6 Å². The van der Waals surface area contributed by atoms with Gasteiger partial charge in [0, 0.05) is 55.1 Å². The molecule has 0 radical (unpaired) electrons. The van der Waals surface area contributed by atoms with Crippen LogP contribution in [0.15, 0.2) is 78.3 Å². The lowest BCUT2D eigenvalue weighted by molar-refractivity contribution is 0.576. The van der Waals surface area contributed by atoms with Gasteiger partial charge in [0.05, 0.1) is 66.0 Å². The van der Waals surface area contributed by atoms with E-state index < -0.39 is 23.3 Å². The summed E-state index contributed by atoms with van der Waals surface area (Å²) in [6.07, 6.45) is 17.6. The van der Waals surface area contributed by atoms with Crippen LogP contribution >= 0.6 is 15.9 Å². The van der Waals surface area contributed by atoms with E-state index >= 15 is 0 Å². The summed E-state index contributed by atoms with van der Waals surface area (Å²) in [4.78, 5) is 38.4. The number of nitrogen functional groups attached to an aromatic ring is 1. The fraction of sp³-hybridized carbons (Fsp3) is 0.373. The van der Waals surface area contributed by atoms with Gasteiger partial charge >= 0.3 is 0 Å². The van der Waals surface area contributed by atoms with E-state index in [2.05, 4.69) is 65.6 Å². The van der Waals surface area contributed by atoms with Crippen molar-refractivity contribution in [1.82, 2.24) is 49.0 Å². The van der Waals surface area contributed by atoms with Crippen molar-refractivity contribution in [2.75, 3.05) is 41.7 Å². The van der Waals surface area contributed by atoms with Crippen LogP contribution in [0.5, 0.6) is 0 Å². The van der Waals surface area contributed by atoms with Gasteiger partial charge in [-0.25, -0.2) is 52.4 Å². The van der Waals surface area contributed by atoms with Gasteiger partial charge in [-0.2, -0.15) is 0 Å². The Morgan fingerprint density at radius 3 is 1.43 bits per heavy atom. The summed E-state index contributed by atoms with van der Waals surface area (Å²) >= 11 is 3.23. The van der Waals surface area contributed by atoms with Crippen LogP contribution in [0.25, 0.3) is 44.3 Å². The molecule has 13 nitrogen and oxygen atoms in total. The van der Waals surface area contributed by atoms with Crippen LogP contribution in [0.2, 0.25) is 0 Å². The third-order valence-corrected chi connectivity index (χ3v) is 12.8. The Hall–Kier alpha value is -6.56. The van der Waals surface area contributed by atoms with Gasteiger partial charge in [-0.3, -0.25) is 4.98 Å². The molecule has 0 amide bonds. The third kappa shape index (κ3) is 11.2. The first-order chi connectivity index (χ1) is 33.1. The molecule has 0 unspecified atom stereocenters. The highest BCUT2D eigenvalue weighted by atomic mass is 79.9. The molecule has 2 fully saturated rings. The molecule has 0 spiro atoms. The van der Waals surface area contributed by atoms with E-state index in [1.807, 2.05) is 75.5 Å². The summed E-state index contributed by atoms with van der Waals surface area (Å²) in [5.74, 6) is 0.245. The number of nitrogens with two attached hydrogens (primary N) is 1. The molecule has 0 atom stereocenters. The average molecular weight is 1010 g/mol. The van der Waals surface area contributed by atoms with Gasteiger partial charge < -0.3 is 24.7 Å². The van der Waals surface area contributed by atoms with E-state index in [0.717, 1.165) is 55.4 Å². The van der Waals surface area contributed by atoms with Crippen molar-refractivity contribution in [3.8, 4) is 22.3 Å². The number of hydrogen-bond donors (Lipinski definition) is 1. The number of hydrogen-bond acceptors (Lipinski definition) is 11. The molecular weight excluding hydrogens is 951 g/mol. The normalized spacial score (nSPS) is 14.0. The molecule has 0 saturated carbocycles. The molecule has 2 N–H and O–H groups in total. The monoisotopic (exact) mass is 1010 g/mol. The quantitative estimate of drug-likeness (QED) is 0.115. The number of rotatable bonds is 8. The first-order valence-corrected chi connectivity index (χ1v) is 24.1. The SMILES string of the molecule is Brc1ncc(N2CCCCC2)cn1.Cc1nc2c(F)cc(-c3cc(Cc4ncc(N5CCCCC5)cn4)ncc3F)cc2n1C(C)C.Cc1nc2c(F)cc(-c3cc(N)ncc3F)cc2n1C(C)C. The molecule has 8 aromatic rings. The zero-order valence-corrected chi connectivity index (χ0v) is 41.3. The summed E-state index contributed by atoms with van der Waals surface area (Å²) in [6.45, 7) is 16.0. The maximum atomic E-state index is 14.9. The number of anilines is 3. The molecule has 0 aliphatic carbocycles. The lowest BCUT2D eigenvalue weighted by Gasteiger charge is -2.28. The lowest BCUT2D eigenvalue weighted by Crippen LogP contribution is -2.29. The van der Waals surface area contributed by atoms with E-state index in [9.17, 15) is 17.6 Å². The third-order valence-electron chi connectivity index (χ3n) is 12.4. The van der Waals surface area contributed by atoms with Gasteiger partial charge in [0.2, 0.25) is 0 Å². The molecule has 2 saturated heterocycles. The van der Waals surface area contributed by atoms with Crippen molar-refractivity contribution in [2.45, 2.75) is 98.6 Å². The summed E-state index contributed by atoms with van der Waals surface area (Å²) in [5, 5.41) is 0. The van der Waals surface area contributed by atoms with Crippen molar-refractivity contribution in [3.05, 3.63) is 125 Å². The number of aryl methyl sites for hydroxylation is 2. The summed E-state index contributed by atoms with van der Waals surface area (Å²) in [5.41, 5.74) is 11.7. The van der Waals surface area contributed by atoms with E-state index in [0.29, 0.717) is 55.9 Å². The number of nitrogens with zero attached hydrogens (tertiary/aromatic N) is 12. The van der Waals surface area contributed by atoms with Gasteiger partial charge in [0.15, 0.2) is 16.4 Å². The highest BCUT2D eigenvalue weighted by Crippen LogP contribution is 2.33. The minimum Gasteiger partial charge on any atom is -0.384 e. The van der Waals surface area contributed by atoms with Gasteiger partial charge in [0.1, 0.15) is 46.0 Å². The van der Waals surface area contributed by atoms with Crippen LogP contribution in [0.4, 0.5) is 34.8 Å². The second kappa shape index (κ2) is 21.4. The number of benzene rings is 2. The number of aromatic nitrogens is 10. The fourth-order valence-corrected chi connectivity index (χ4v) is 9.37. The number of halogens is 5. The molecule has 8 heterocycles. The van der Waals surface area contributed by atoms with Gasteiger partial charge in [-0.05, 0) is 144 Å². The smallest absolute Gasteiger partial charge is 0.196 e. The Kier molecular flexibility index (Phi) is 15.2. The predicted octanol–water partition coefficient (Wildman–Crippen LogP) is 11.7. The fourth-order valence-electron chi connectivity index (χ4n) is 9.17. The van der Waals surface area contributed by atoms with Crippen molar-refractivity contribution in [1.29, 1.82) is 0 Å². The van der Waals surface area contributed by atoms with E-state index in [-0.39, 0.29) is 29.0 Å². The topological polar surface area (TPSA) is 145 Å². The zero-order valence-electron chi connectivity index (χ0n) is 39.7. The Labute approximate surface area is 407 Å². The second-order valence-electron chi connectivity index (χ2n) is 18.0. The first-order valence-electron chi connectivity index (χ1n) is 23.4. The summed E-state index contributed by atoms with van der Waals surface area (Å²) in [7, 11) is 0. The maximum Gasteiger partial charge on any atom is 0.196 e. The average Bonchev–Trinajstić information content (AvgIpc) is 3.88. The summed E-state index contributed by atoms with van der Waals surface area (Å²) < 4.78 is 62.6. The molecule has 10 rings (SSSR count). The highest BCUT2D eigenvalue weighted by Gasteiger charge is 2.20.